The third-order valence-electron chi connectivity index (χ3n) is 1.99. The second-order valence-corrected chi connectivity index (χ2v) is 6.99. The summed E-state index contributed by atoms with van der Waals surface area (Å²) in [6.45, 7) is 8.98. The topological polar surface area (TPSA) is 67.8 Å². The van der Waals surface area contributed by atoms with Gasteiger partial charge in [0.25, 0.3) is 0 Å². The number of halogens is 1. The Morgan fingerprint density at radius 3 is 2.18 bits per heavy atom. The molecule has 0 aromatic carbocycles. The zero-order valence-corrected chi connectivity index (χ0v) is 13.4. The van der Waals surface area contributed by atoms with Gasteiger partial charge in [0, 0.05) is 0 Å². The van der Waals surface area contributed by atoms with E-state index in [-0.39, 0.29) is 17.9 Å². The van der Waals surface area contributed by atoms with Gasteiger partial charge in [-0.25, -0.2) is 0 Å². The number of alkyl halides is 1. The van der Waals surface area contributed by atoms with Gasteiger partial charge < -0.3 is 0 Å². The molecule has 0 fully saturated rings. The van der Waals surface area contributed by atoms with Crippen LogP contribution >= 0.6 is 0 Å². The van der Waals surface area contributed by atoms with Crippen LogP contribution in [0.15, 0.2) is 0 Å². The molecule has 0 aliphatic carbocycles. The van der Waals surface area contributed by atoms with E-state index in [1.165, 1.54) is 14.0 Å². The molecule has 6 heteroatoms. The van der Waals surface area contributed by atoms with E-state index < -0.39 is 31.5 Å². The van der Waals surface area contributed by atoms with Gasteiger partial charge in [-0.2, -0.15) is 0 Å². The molecule has 0 rings (SSSR count). The number of hydrogen-bond donors (Lipinski definition) is 2. The molecule has 0 aromatic rings. The molecule has 0 radical (unpaired) electrons. The first-order valence-electron chi connectivity index (χ1n) is 5.59. The van der Waals surface area contributed by atoms with Gasteiger partial charge in [0.1, 0.15) is 0 Å². The predicted molar refractivity (Wildman–Crippen MR) is 60.6 cm³/mol. The normalized spacial score (nSPS) is 17.2. The Hall–Kier alpha value is 0.0800. The molecule has 0 saturated heterocycles. The molecule has 1 amide bonds. The number of nitrogens with one attached hydrogen (secondary N) is 1. The Balaban J connectivity index is 4.92. The number of rotatable bonds is 7. The molecule has 0 saturated carbocycles. The molecule has 17 heavy (non-hydrogen) atoms. The molecule has 0 heterocycles. The number of amides is 1. The van der Waals surface area contributed by atoms with E-state index in [1.54, 1.807) is 0 Å². The minimum atomic E-state index is -1.08. The van der Waals surface area contributed by atoms with Crippen molar-refractivity contribution in [3.05, 3.63) is 0 Å². The van der Waals surface area contributed by atoms with Crippen LogP contribution in [0.3, 0.4) is 0 Å². The number of ether oxygens (including phenoxy) is 1. The van der Waals surface area contributed by atoms with Crippen molar-refractivity contribution in [2.24, 2.45) is 5.92 Å². The number of aliphatic hydroxyl groups is 1. The van der Waals surface area contributed by atoms with Crippen LogP contribution in [0.2, 0.25) is 0 Å². The number of carbonyl (C=O) groups is 1. The Labute approximate surface area is 114 Å². The van der Waals surface area contributed by atoms with E-state index in [0.29, 0.717) is 0 Å². The monoisotopic (exact) mass is 360 g/mol. The average Bonchev–Trinajstić information content (AvgIpc) is 2.22. The summed E-state index contributed by atoms with van der Waals surface area (Å²) in [5, 5.41) is 12.9. The fraction of sp³-hybridized carbons (Fsp3) is 0.909. The number of aliphatic hydroxyl groups excluding tert-OH is 1. The van der Waals surface area contributed by atoms with Crippen LogP contribution in [0.4, 0.5) is 0 Å². The van der Waals surface area contributed by atoms with Gasteiger partial charge in [-0.05, 0) is 0 Å². The molecule has 2 N–H and O–H groups in total. The molecule has 0 bridgehead atoms. The van der Waals surface area contributed by atoms with Crippen LogP contribution in [0, 0.1) is 5.92 Å². The van der Waals surface area contributed by atoms with E-state index in [0.717, 1.165) is 0 Å². The maximum atomic E-state index is 11.2. The van der Waals surface area contributed by atoms with Crippen molar-refractivity contribution in [2.45, 2.75) is 50.6 Å². The molecule has 0 spiro atoms. The molecule has 0 aliphatic heterocycles. The summed E-state index contributed by atoms with van der Waals surface area (Å²) in [7, 11) is 1.48. The van der Waals surface area contributed by atoms with Gasteiger partial charge in [-0.3, -0.25) is 0 Å². The van der Waals surface area contributed by atoms with Crippen LogP contribution in [0.1, 0.15) is 34.6 Å². The van der Waals surface area contributed by atoms with E-state index in [2.05, 4.69) is 5.32 Å². The van der Waals surface area contributed by atoms with Gasteiger partial charge >= 0.3 is 114 Å². The van der Waals surface area contributed by atoms with Crippen LogP contribution < -0.4 is 26.9 Å². The SMILES string of the molecule is CO[C@@](NC(C)=O)([I-]OC(C)C)[C@H](O)C(C)C. The van der Waals surface area contributed by atoms with Crippen molar-refractivity contribution in [2.75, 3.05) is 7.11 Å². The Morgan fingerprint density at radius 2 is 1.88 bits per heavy atom. The zero-order valence-electron chi connectivity index (χ0n) is 11.3. The van der Waals surface area contributed by atoms with Crippen molar-refractivity contribution in [3.63, 3.8) is 0 Å². The zero-order chi connectivity index (χ0) is 13.6. The standard InChI is InChI=1S/C11H23INO4/c1-7(2)10(15)11(16-6,13-9(5)14)12-17-8(3)4/h7-8,10,15H,1-6H3,(H,13,14)/q-1/t10-,11-/m1/s1. The second kappa shape index (κ2) is 7.50. The predicted octanol–water partition coefficient (Wildman–Crippen LogP) is -2.13. The molecule has 0 aliphatic rings. The minimum absolute atomic E-state index is 0.0303. The summed E-state index contributed by atoms with van der Waals surface area (Å²) >= 11 is -0.980. The van der Waals surface area contributed by atoms with Gasteiger partial charge in [-0.15, -0.1) is 0 Å². The van der Waals surface area contributed by atoms with E-state index >= 15 is 0 Å². The maximum absolute atomic E-state index is 11.2. The fourth-order valence-corrected chi connectivity index (χ4v) is 3.70. The summed E-state index contributed by atoms with van der Waals surface area (Å²) in [6.07, 6.45) is -0.742. The van der Waals surface area contributed by atoms with Crippen LogP contribution in [-0.2, 0) is 12.6 Å². The molecule has 2 atom stereocenters. The number of carbonyl (C=O) groups excluding carboxylic acids is 1. The Kier molecular flexibility index (Phi) is 7.54. The van der Waals surface area contributed by atoms with Crippen molar-refractivity contribution in [1.82, 2.24) is 5.32 Å². The van der Waals surface area contributed by atoms with Crippen LogP contribution in [-0.4, -0.2) is 34.1 Å². The Bertz CT molecular complexity index is 248. The first-order valence-corrected chi connectivity index (χ1v) is 7.54. The van der Waals surface area contributed by atoms with Crippen molar-refractivity contribution < 1.29 is 39.3 Å². The molecular weight excluding hydrogens is 337 g/mol. The van der Waals surface area contributed by atoms with Gasteiger partial charge in [0.2, 0.25) is 0 Å². The summed E-state index contributed by atoms with van der Waals surface area (Å²) < 4.78 is 9.86. The quantitative estimate of drug-likeness (QED) is 0.236. The first-order chi connectivity index (χ1) is 7.75. The number of hydrogen-bond acceptors (Lipinski definition) is 4. The van der Waals surface area contributed by atoms with E-state index in [1.807, 2.05) is 27.7 Å². The van der Waals surface area contributed by atoms with E-state index in [9.17, 15) is 9.90 Å². The Morgan fingerprint density at radius 1 is 1.35 bits per heavy atom. The summed E-state index contributed by atoms with van der Waals surface area (Å²) in [6, 6.07) is 0. The fourth-order valence-electron chi connectivity index (χ4n) is 1.17. The van der Waals surface area contributed by atoms with Gasteiger partial charge in [0.15, 0.2) is 0 Å². The molecule has 5 nitrogen and oxygen atoms in total. The van der Waals surface area contributed by atoms with E-state index in [4.69, 9.17) is 7.80 Å². The first kappa shape index (κ1) is 17.1. The van der Waals surface area contributed by atoms with Gasteiger partial charge in [-0.1, -0.05) is 0 Å². The molecule has 0 aromatic heterocycles. The van der Waals surface area contributed by atoms with Crippen molar-refractivity contribution in [3.8, 4) is 0 Å². The van der Waals surface area contributed by atoms with Crippen LogP contribution in [0.5, 0.6) is 0 Å². The van der Waals surface area contributed by atoms with Gasteiger partial charge in [0.05, 0.1) is 0 Å². The third-order valence-corrected chi connectivity index (χ3v) is 5.27. The molecular formula is C11H23INO4-. The summed E-state index contributed by atoms with van der Waals surface area (Å²) in [5.74, 6) is -0.268. The second-order valence-electron chi connectivity index (χ2n) is 4.43. The van der Waals surface area contributed by atoms with Crippen molar-refractivity contribution >= 4 is 5.91 Å². The summed E-state index contributed by atoms with van der Waals surface area (Å²) in [5.41, 5.74) is 0. The van der Waals surface area contributed by atoms with Crippen LogP contribution in [0.25, 0.3) is 0 Å². The molecule has 0 unspecified atom stereocenters. The molecule has 104 valence electrons. The van der Waals surface area contributed by atoms with Crippen molar-refractivity contribution in [1.29, 1.82) is 0 Å². The summed E-state index contributed by atoms with van der Waals surface area (Å²) in [4.78, 5) is 11.2. The number of methoxy groups -OCH3 is 1. The third kappa shape index (κ3) is 5.50. The average molecular weight is 360 g/mol.